The molecule has 2 aliphatic heterocycles. The highest BCUT2D eigenvalue weighted by atomic mass is 32.2. The van der Waals surface area contributed by atoms with E-state index in [0.717, 1.165) is 28.8 Å². The first kappa shape index (κ1) is 20.8. The van der Waals surface area contributed by atoms with E-state index >= 15 is 0 Å². The van der Waals surface area contributed by atoms with Crippen LogP contribution in [0.2, 0.25) is 0 Å². The molecule has 158 valence electrons. The van der Waals surface area contributed by atoms with E-state index in [0.29, 0.717) is 35.0 Å². The van der Waals surface area contributed by atoms with Gasteiger partial charge in [-0.05, 0) is 56.2 Å². The van der Waals surface area contributed by atoms with Crippen molar-refractivity contribution in [3.63, 3.8) is 0 Å². The molecule has 0 bridgehead atoms. The van der Waals surface area contributed by atoms with Crippen molar-refractivity contribution in [3.05, 3.63) is 62.9 Å². The second-order valence-electron chi connectivity index (χ2n) is 7.88. The third-order valence-corrected chi connectivity index (χ3v) is 8.14. The van der Waals surface area contributed by atoms with Crippen LogP contribution in [0.25, 0.3) is 4.91 Å². The van der Waals surface area contributed by atoms with Gasteiger partial charge in [0.15, 0.2) is 0 Å². The molecule has 0 saturated carbocycles. The van der Waals surface area contributed by atoms with Gasteiger partial charge >= 0.3 is 0 Å². The minimum Gasteiger partial charge on any atom is -0.356 e. The maximum absolute atomic E-state index is 12.8. The van der Waals surface area contributed by atoms with E-state index in [9.17, 15) is 13.2 Å². The number of amidine groups is 1. The van der Waals surface area contributed by atoms with Crippen LogP contribution < -0.4 is 5.32 Å². The molecule has 2 aromatic rings. The van der Waals surface area contributed by atoms with Crippen molar-refractivity contribution in [3.8, 4) is 0 Å². The molecule has 0 unspecified atom stereocenters. The van der Waals surface area contributed by atoms with Gasteiger partial charge in [-0.1, -0.05) is 29.8 Å². The number of piperidine rings is 1. The topological polar surface area (TPSA) is 78.8 Å². The molecule has 0 aliphatic carbocycles. The van der Waals surface area contributed by atoms with Gasteiger partial charge in [-0.15, -0.1) is 15.7 Å². The quantitative estimate of drug-likeness (QED) is 0.784. The summed E-state index contributed by atoms with van der Waals surface area (Å²) in [5.41, 5.74) is 3.43. The fourth-order valence-corrected chi connectivity index (χ4v) is 6.29. The summed E-state index contributed by atoms with van der Waals surface area (Å²) in [7, 11) is -3.71. The minimum atomic E-state index is -3.71. The molecule has 4 rings (SSSR count). The lowest BCUT2D eigenvalue weighted by molar-refractivity contribution is 0.0926. The summed E-state index contributed by atoms with van der Waals surface area (Å²) in [6.45, 7) is 7.04. The van der Waals surface area contributed by atoms with Gasteiger partial charge in [0, 0.05) is 24.7 Å². The number of nitrogens with one attached hydrogen (secondary N) is 1. The molecule has 1 saturated heterocycles. The third-order valence-electron chi connectivity index (χ3n) is 5.65. The van der Waals surface area contributed by atoms with E-state index in [1.54, 1.807) is 0 Å². The highest BCUT2D eigenvalue weighted by molar-refractivity contribution is 8.00. The summed E-state index contributed by atoms with van der Waals surface area (Å²) in [6.07, 6.45) is 1.50. The van der Waals surface area contributed by atoms with Crippen molar-refractivity contribution >= 4 is 38.0 Å². The minimum absolute atomic E-state index is 0.0283. The average molecular weight is 444 g/mol. The number of benzene rings is 1. The molecule has 0 spiro atoms. The lowest BCUT2D eigenvalue weighted by Gasteiger charge is -2.33. The van der Waals surface area contributed by atoms with Crippen LogP contribution in [0.4, 0.5) is 0 Å². The Kier molecular flexibility index (Phi) is 5.55. The second kappa shape index (κ2) is 8.00. The molecule has 8 heteroatoms. The summed E-state index contributed by atoms with van der Waals surface area (Å²) in [6, 6.07) is 9.51. The first-order valence-corrected chi connectivity index (χ1v) is 12.3. The van der Waals surface area contributed by atoms with Crippen molar-refractivity contribution in [2.24, 2.45) is 4.40 Å². The molecule has 1 amide bonds. The van der Waals surface area contributed by atoms with Crippen LogP contribution in [-0.2, 0) is 10.0 Å². The Morgan fingerprint density at radius 2 is 1.77 bits per heavy atom. The number of aryl methyl sites for hydroxylation is 2. The smallest absolute Gasteiger partial charge is 0.285 e. The van der Waals surface area contributed by atoms with E-state index in [-0.39, 0.29) is 11.9 Å². The van der Waals surface area contributed by atoms with E-state index in [2.05, 4.69) is 9.71 Å². The van der Waals surface area contributed by atoms with Crippen LogP contribution in [0, 0.1) is 13.8 Å². The van der Waals surface area contributed by atoms with Gasteiger partial charge in [0.05, 0.1) is 4.88 Å². The molecule has 0 radical (unpaired) electrons. The van der Waals surface area contributed by atoms with Gasteiger partial charge in [-0.3, -0.25) is 4.79 Å². The van der Waals surface area contributed by atoms with Crippen LogP contribution >= 0.6 is 11.3 Å². The Labute approximate surface area is 181 Å². The summed E-state index contributed by atoms with van der Waals surface area (Å²) in [4.78, 5) is 15.5. The predicted octanol–water partition coefficient (Wildman–Crippen LogP) is 3.73. The molecule has 6 nitrogen and oxygen atoms in total. The molecule has 1 fully saturated rings. The summed E-state index contributed by atoms with van der Waals surface area (Å²) in [5, 5.41) is 5.04. The zero-order chi connectivity index (χ0) is 21.5. The van der Waals surface area contributed by atoms with Crippen LogP contribution in [0.3, 0.4) is 0 Å². The van der Waals surface area contributed by atoms with Crippen LogP contribution in [-0.4, -0.2) is 44.2 Å². The number of amides is 1. The van der Waals surface area contributed by atoms with Crippen molar-refractivity contribution in [1.82, 2.24) is 10.2 Å². The zero-order valence-corrected chi connectivity index (χ0v) is 18.9. The summed E-state index contributed by atoms with van der Waals surface area (Å²) in [5.74, 6) is 0.504. The van der Waals surface area contributed by atoms with Crippen molar-refractivity contribution in [2.75, 3.05) is 13.1 Å². The largest absolute Gasteiger partial charge is 0.356 e. The maximum Gasteiger partial charge on any atom is 0.285 e. The first-order chi connectivity index (χ1) is 14.3. The van der Waals surface area contributed by atoms with Crippen molar-refractivity contribution < 1.29 is 13.2 Å². The SMILES string of the molecule is CC1=C(c2ccc(C)cc2)S(=O)(=O)N=C1N1CCC(NC(=O)c2sccc2C)CC1. The highest BCUT2D eigenvalue weighted by Gasteiger charge is 2.35. The van der Waals surface area contributed by atoms with Crippen LogP contribution in [0.15, 0.2) is 45.7 Å². The van der Waals surface area contributed by atoms with Crippen LogP contribution in [0.5, 0.6) is 0 Å². The van der Waals surface area contributed by atoms with E-state index in [1.165, 1.54) is 11.3 Å². The van der Waals surface area contributed by atoms with E-state index in [1.807, 2.05) is 61.4 Å². The molecular formula is C22H25N3O3S2. The Hall–Kier alpha value is -2.45. The fourth-order valence-electron chi connectivity index (χ4n) is 3.98. The Morgan fingerprint density at radius 1 is 1.10 bits per heavy atom. The number of rotatable bonds is 3. The lowest BCUT2D eigenvalue weighted by Crippen LogP contribution is -2.46. The van der Waals surface area contributed by atoms with Gasteiger partial charge in [-0.2, -0.15) is 8.42 Å². The first-order valence-electron chi connectivity index (χ1n) is 9.99. The number of hydrogen-bond acceptors (Lipinski definition) is 5. The lowest BCUT2D eigenvalue weighted by atomic mass is 10.0. The third kappa shape index (κ3) is 3.94. The number of carbonyl (C=O) groups is 1. The molecule has 2 aliphatic rings. The van der Waals surface area contributed by atoms with Gasteiger partial charge in [0.1, 0.15) is 10.7 Å². The predicted molar refractivity (Wildman–Crippen MR) is 121 cm³/mol. The number of likely N-dealkylation sites (tertiary alicyclic amines) is 1. The van der Waals surface area contributed by atoms with E-state index in [4.69, 9.17) is 0 Å². The molecule has 30 heavy (non-hydrogen) atoms. The molecule has 3 heterocycles. The normalized spacial score (nSPS) is 19.2. The monoisotopic (exact) mass is 443 g/mol. The number of carbonyl (C=O) groups excluding carboxylic acids is 1. The van der Waals surface area contributed by atoms with Gasteiger partial charge in [0.25, 0.3) is 15.9 Å². The standard InChI is InChI=1S/C22H25N3O3S2/c1-14-4-6-17(7-5-14)20-16(3)21(24-30(20,27)28)25-11-8-18(9-12-25)23-22(26)19-15(2)10-13-29-19/h4-7,10,13,18H,8-9,11-12H2,1-3H3,(H,23,26). The maximum atomic E-state index is 12.8. The number of nitrogens with zero attached hydrogens (tertiary/aromatic N) is 2. The Morgan fingerprint density at radius 3 is 2.37 bits per heavy atom. The second-order valence-corrected chi connectivity index (χ2v) is 10.3. The Balaban J connectivity index is 1.46. The zero-order valence-electron chi connectivity index (χ0n) is 17.3. The molecule has 1 N–H and O–H groups in total. The summed E-state index contributed by atoms with van der Waals surface area (Å²) < 4.78 is 29.6. The van der Waals surface area contributed by atoms with Crippen molar-refractivity contribution in [1.29, 1.82) is 0 Å². The van der Waals surface area contributed by atoms with Gasteiger partial charge in [0.2, 0.25) is 0 Å². The molecule has 1 aromatic carbocycles. The average Bonchev–Trinajstić information content (AvgIpc) is 3.24. The molecule has 1 aromatic heterocycles. The van der Waals surface area contributed by atoms with Gasteiger partial charge in [-0.25, -0.2) is 0 Å². The molecular weight excluding hydrogens is 418 g/mol. The number of sulfonamides is 1. The summed E-state index contributed by atoms with van der Waals surface area (Å²) >= 11 is 1.45. The molecule has 0 atom stereocenters. The fraction of sp³-hybridized carbons (Fsp3) is 0.364. The Bertz CT molecular complexity index is 1140. The number of thiophene rings is 1. The van der Waals surface area contributed by atoms with Crippen LogP contribution in [0.1, 0.15) is 46.1 Å². The van der Waals surface area contributed by atoms with Crippen molar-refractivity contribution in [2.45, 2.75) is 39.7 Å². The van der Waals surface area contributed by atoms with E-state index < -0.39 is 10.0 Å². The number of hydrogen-bond donors (Lipinski definition) is 1. The van der Waals surface area contributed by atoms with Gasteiger partial charge < -0.3 is 10.2 Å². The highest BCUT2D eigenvalue weighted by Crippen LogP contribution is 2.34.